The molecule has 4 rings (SSSR count). The highest BCUT2D eigenvalue weighted by molar-refractivity contribution is 7.17. The first-order valence-electron chi connectivity index (χ1n) is 10.5. The van der Waals surface area contributed by atoms with Crippen molar-refractivity contribution in [3.8, 4) is 5.69 Å². The van der Waals surface area contributed by atoms with E-state index in [1.165, 1.54) is 20.5 Å². The molecule has 3 aromatic rings. The van der Waals surface area contributed by atoms with Crippen LogP contribution in [0.2, 0.25) is 0 Å². The molecule has 30 heavy (non-hydrogen) atoms. The molecule has 1 aromatic carbocycles. The van der Waals surface area contributed by atoms with Gasteiger partial charge in [-0.2, -0.15) is 0 Å². The largest absolute Gasteiger partial charge is 0.338 e. The number of nitrogens with zero attached hydrogens (tertiary/aromatic N) is 3. The SMILES string of the molecule is CC[C@@H]1CCCCN1C(=O)Cn1c(=O)n(-c2cc(C)ccc2C)c(=O)c2sccc21. The van der Waals surface area contributed by atoms with Gasteiger partial charge >= 0.3 is 5.69 Å². The lowest BCUT2D eigenvalue weighted by Crippen LogP contribution is -2.47. The van der Waals surface area contributed by atoms with E-state index in [1.54, 1.807) is 11.4 Å². The van der Waals surface area contributed by atoms with Crippen molar-refractivity contribution in [2.45, 2.75) is 59.0 Å². The number of aromatic nitrogens is 2. The second-order valence-corrected chi connectivity index (χ2v) is 9.00. The molecule has 158 valence electrons. The molecule has 1 aliphatic heterocycles. The topological polar surface area (TPSA) is 64.3 Å². The number of piperidine rings is 1. The van der Waals surface area contributed by atoms with Crippen molar-refractivity contribution >= 4 is 27.5 Å². The van der Waals surface area contributed by atoms with E-state index in [0.29, 0.717) is 15.9 Å². The van der Waals surface area contributed by atoms with Crippen LogP contribution in [0.5, 0.6) is 0 Å². The Labute approximate surface area is 179 Å². The van der Waals surface area contributed by atoms with Gasteiger partial charge < -0.3 is 4.90 Å². The van der Waals surface area contributed by atoms with E-state index in [9.17, 15) is 14.4 Å². The third kappa shape index (κ3) is 3.51. The van der Waals surface area contributed by atoms with Crippen molar-refractivity contribution in [3.63, 3.8) is 0 Å². The molecule has 2 aromatic heterocycles. The fourth-order valence-corrected chi connectivity index (χ4v) is 5.22. The predicted molar refractivity (Wildman–Crippen MR) is 121 cm³/mol. The highest BCUT2D eigenvalue weighted by Gasteiger charge is 2.27. The zero-order chi connectivity index (χ0) is 21.4. The molecule has 0 N–H and O–H groups in total. The molecule has 1 saturated heterocycles. The maximum absolute atomic E-state index is 13.5. The number of carbonyl (C=O) groups excluding carboxylic acids is 1. The van der Waals surface area contributed by atoms with E-state index in [2.05, 4.69) is 6.92 Å². The standard InChI is InChI=1S/C23H27N3O3S/c1-4-17-7-5-6-11-24(17)20(27)14-25-18-10-12-30-21(18)22(28)26(23(25)29)19-13-15(2)8-9-16(19)3/h8-10,12-13,17H,4-7,11,14H2,1-3H3/t17-/m1/s1. The summed E-state index contributed by atoms with van der Waals surface area (Å²) in [5, 5.41) is 1.80. The summed E-state index contributed by atoms with van der Waals surface area (Å²) < 4.78 is 3.19. The maximum atomic E-state index is 13.5. The maximum Gasteiger partial charge on any atom is 0.336 e. The van der Waals surface area contributed by atoms with Crippen LogP contribution in [-0.4, -0.2) is 32.5 Å². The van der Waals surface area contributed by atoms with E-state index in [4.69, 9.17) is 0 Å². The molecule has 7 heteroatoms. The highest BCUT2D eigenvalue weighted by atomic mass is 32.1. The molecule has 1 fully saturated rings. The normalized spacial score (nSPS) is 16.9. The van der Waals surface area contributed by atoms with Crippen LogP contribution in [0.4, 0.5) is 0 Å². The summed E-state index contributed by atoms with van der Waals surface area (Å²) in [6.45, 7) is 6.60. The molecule has 0 radical (unpaired) electrons. The van der Waals surface area contributed by atoms with Crippen LogP contribution in [0.1, 0.15) is 43.7 Å². The van der Waals surface area contributed by atoms with E-state index >= 15 is 0 Å². The predicted octanol–water partition coefficient (Wildman–Crippen LogP) is 3.62. The van der Waals surface area contributed by atoms with E-state index in [-0.39, 0.29) is 24.1 Å². The Morgan fingerprint density at radius 1 is 1.17 bits per heavy atom. The van der Waals surface area contributed by atoms with Crippen LogP contribution < -0.4 is 11.2 Å². The Morgan fingerprint density at radius 2 is 1.97 bits per heavy atom. The summed E-state index contributed by atoms with van der Waals surface area (Å²) in [5.74, 6) is -0.0534. The molecule has 1 aliphatic rings. The van der Waals surface area contributed by atoms with Crippen molar-refractivity contribution in [3.05, 3.63) is 61.6 Å². The lowest BCUT2D eigenvalue weighted by atomic mass is 10.00. The van der Waals surface area contributed by atoms with Crippen LogP contribution in [0, 0.1) is 13.8 Å². The van der Waals surface area contributed by atoms with Crippen LogP contribution in [0.15, 0.2) is 39.2 Å². The van der Waals surface area contributed by atoms with Gasteiger partial charge in [0, 0.05) is 12.6 Å². The zero-order valence-electron chi connectivity index (χ0n) is 17.7. The number of carbonyl (C=O) groups is 1. The van der Waals surface area contributed by atoms with Gasteiger partial charge in [-0.3, -0.25) is 14.2 Å². The minimum absolute atomic E-state index is 0.0479. The molecular weight excluding hydrogens is 398 g/mol. The van der Waals surface area contributed by atoms with Crippen LogP contribution >= 0.6 is 11.3 Å². The number of likely N-dealkylation sites (tertiary alicyclic amines) is 1. The van der Waals surface area contributed by atoms with Crippen LogP contribution in [0.25, 0.3) is 15.9 Å². The number of rotatable bonds is 4. The lowest BCUT2D eigenvalue weighted by Gasteiger charge is -2.35. The fraction of sp³-hybridized carbons (Fsp3) is 0.435. The Morgan fingerprint density at radius 3 is 2.73 bits per heavy atom. The van der Waals surface area contributed by atoms with Crippen molar-refractivity contribution < 1.29 is 4.79 Å². The Balaban J connectivity index is 1.86. The van der Waals surface area contributed by atoms with Gasteiger partial charge in [-0.05, 0) is 68.2 Å². The minimum Gasteiger partial charge on any atom is -0.338 e. The van der Waals surface area contributed by atoms with E-state index in [1.807, 2.05) is 36.9 Å². The number of amides is 1. The van der Waals surface area contributed by atoms with Crippen molar-refractivity contribution in [2.24, 2.45) is 0 Å². The summed E-state index contributed by atoms with van der Waals surface area (Å²) >= 11 is 1.31. The van der Waals surface area contributed by atoms with Gasteiger partial charge in [0.05, 0.1) is 11.2 Å². The highest BCUT2D eigenvalue weighted by Crippen LogP contribution is 2.22. The summed E-state index contributed by atoms with van der Waals surface area (Å²) in [7, 11) is 0. The first-order valence-corrected chi connectivity index (χ1v) is 11.4. The van der Waals surface area contributed by atoms with Gasteiger partial charge in [-0.15, -0.1) is 11.3 Å². The van der Waals surface area contributed by atoms with E-state index < -0.39 is 5.69 Å². The number of benzene rings is 1. The summed E-state index contributed by atoms with van der Waals surface area (Å²) in [6, 6.07) is 7.70. The third-order valence-corrected chi connectivity index (χ3v) is 6.96. The quantitative estimate of drug-likeness (QED) is 0.641. The average molecular weight is 426 g/mol. The van der Waals surface area contributed by atoms with Gasteiger partial charge in [0.1, 0.15) is 11.2 Å². The summed E-state index contributed by atoms with van der Waals surface area (Å²) in [6.07, 6.45) is 4.05. The first-order chi connectivity index (χ1) is 14.4. The molecule has 1 atom stereocenters. The number of aryl methyl sites for hydroxylation is 2. The molecule has 0 unspecified atom stereocenters. The smallest absolute Gasteiger partial charge is 0.336 e. The van der Waals surface area contributed by atoms with Crippen molar-refractivity contribution in [2.75, 3.05) is 6.54 Å². The minimum atomic E-state index is -0.460. The van der Waals surface area contributed by atoms with Gasteiger partial charge in [-0.25, -0.2) is 9.36 Å². The van der Waals surface area contributed by atoms with Gasteiger partial charge in [0.2, 0.25) is 5.91 Å². The molecule has 3 heterocycles. The summed E-state index contributed by atoms with van der Waals surface area (Å²) in [4.78, 5) is 41.8. The molecule has 0 bridgehead atoms. The van der Waals surface area contributed by atoms with Crippen LogP contribution in [0.3, 0.4) is 0 Å². The van der Waals surface area contributed by atoms with Gasteiger partial charge in [0.15, 0.2) is 0 Å². The number of hydrogen-bond donors (Lipinski definition) is 0. The Bertz CT molecular complexity index is 1220. The third-order valence-electron chi connectivity index (χ3n) is 6.07. The molecule has 0 saturated carbocycles. The number of fused-ring (bicyclic) bond motifs is 1. The van der Waals surface area contributed by atoms with Gasteiger partial charge in [0.25, 0.3) is 5.56 Å². The number of hydrogen-bond acceptors (Lipinski definition) is 4. The molecule has 1 amide bonds. The molecule has 0 aliphatic carbocycles. The average Bonchev–Trinajstić information content (AvgIpc) is 3.23. The second-order valence-electron chi connectivity index (χ2n) is 8.08. The molecule has 0 spiro atoms. The lowest BCUT2D eigenvalue weighted by molar-refractivity contribution is -0.135. The Kier molecular flexibility index (Phi) is 5.64. The summed E-state index contributed by atoms with van der Waals surface area (Å²) in [5.41, 5.74) is 2.14. The first kappa shape index (κ1) is 20.6. The second kappa shape index (κ2) is 8.22. The molecular formula is C23H27N3O3S. The number of thiophene rings is 1. The Hall–Kier alpha value is -2.67. The van der Waals surface area contributed by atoms with Crippen molar-refractivity contribution in [1.29, 1.82) is 0 Å². The molecule has 6 nitrogen and oxygen atoms in total. The van der Waals surface area contributed by atoms with Crippen molar-refractivity contribution in [1.82, 2.24) is 14.0 Å². The fourth-order valence-electron chi connectivity index (χ4n) is 4.39. The van der Waals surface area contributed by atoms with E-state index in [0.717, 1.165) is 43.4 Å². The van der Waals surface area contributed by atoms with Gasteiger partial charge in [-0.1, -0.05) is 19.1 Å². The monoisotopic (exact) mass is 425 g/mol. The van der Waals surface area contributed by atoms with Crippen LogP contribution in [-0.2, 0) is 11.3 Å². The zero-order valence-corrected chi connectivity index (χ0v) is 18.5.